The van der Waals surface area contributed by atoms with Gasteiger partial charge in [-0.15, -0.1) is 0 Å². The van der Waals surface area contributed by atoms with Gasteiger partial charge in [0.15, 0.2) is 11.5 Å². The summed E-state index contributed by atoms with van der Waals surface area (Å²) in [5.74, 6) is 0.991. The number of halogens is 1. The maximum absolute atomic E-state index is 12.6. The molecule has 0 spiro atoms. The molecule has 114 valence electrons. The van der Waals surface area contributed by atoms with E-state index in [-0.39, 0.29) is 18.1 Å². The number of rotatable bonds is 1. The second kappa shape index (κ2) is 5.73. The highest BCUT2D eigenvalue weighted by molar-refractivity contribution is 6.32. The predicted octanol–water partition coefficient (Wildman–Crippen LogP) is 2.36. The van der Waals surface area contributed by atoms with E-state index in [1.165, 1.54) is 0 Å². The van der Waals surface area contributed by atoms with E-state index in [0.29, 0.717) is 48.4 Å². The van der Waals surface area contributed by atoms with Crippen LogP contribution in [0, 0.1) is 0 Å². The van der Waals surface area contributed by atoms with Crippen LogP contribution in [0.1, 0.15) is 24.2 Å². The minimum atomic E-state index is -0.0594. The maximum atomic E-state index is 12.6. The van der Waals surface area contributed by atoms with Crippen molar-refractivity contribution < 1.29 is 19.0 Å². The fourth-order valence-electron chi connectivity index (χ4n) is 2.76. The Morgan fingerprint density at radius 2 is 1.86 bits per heavy atom. The highest BCUT2D eigenvalue weighted by atomic mass is 35.5. The average Bonchev–Trinajstić information content (AvgIpc) is 2.45. The van der Waals surface area contributed by atoms with Gasteiger partial charge < -0.3 is 19.1 Å². The van der Waals surface area contributed by atoms with Gasteiger partial charge in [0.1, 0.15) is 13.2 Å². The monoisotopic (exact) mass is 311 g/mol. The lowest BCUT2D eigenvalue weighted by atomic mass is 10.1. The predicted molar refractivity (Wildman–Crippen MR) is 78.4 cm³/mol. The number of fused-ring (bicyclic) bond motifs is 1. The van der Waals surface area contributed by atoms with Gasteiger partial charge in [-0.2, -0.15) is 0 Å². The highest BCUT2D eigenvalue weighted by Gasteiger charge is 2.28. The summed E-state index contributed by atoms with van der Waals surface area (Å²) in [5, 5.41) is 0.407. The molecule has 0 saturated carbocycles. The molecule has 0 radical (unpaired) electrons. The van der Waals surface area contributed by atoms with Gasteiger partial charge in [-0.1, -0.05) is 11.6 Å². The first-order valence-corrected chi connectivity index (χ1v) is 7.46. The number of carbonyl (C=O) groups excluding carboxylic acids is 1. The Labute approximate surface area is 128 Å². The van der Waals surface area contributed by atoms with Gasteiger partial charge in [-0.25, -0.2) is 0 Å². The topological polar surface area (TPSA) is 48.0 Å². The molecule has 21 heavy (non-hydrogen) atoms. The van der Waals surface area contributed by atoms with Crippen LogP contribution in [-0.4, -0.2) is 49.3 Å². The van der Waals surface area contributed by atoms with Gasteiger partial charge >= 0.3 is 0 Å². The van der Waals surface area contributed by atoms with Gasteiger partial charge in [0.05, 0.1) is 17.2 Å². The third-order valence-corrected chi connectivity index (χ3v) is 3.83. The molecule has 1 saturated heterocycles. The normalized spacial score (nSPS) is 24.8. The van der Waals surface area contributed by atoms with E-state index >= 15 is 0 Å². The smallest absolute Gasteiger partial charge is 0.254 e. The van der Waals surface area contributed by atoms with E-state index in [4.69, 9.17) is 25.8 Å². The lowest BCUT2D eigenvalue weighted by molar-refractivity contribution is -0.0586. The van der Waals surface area contributed by atoms with Crippen molar-refractivity contribution in [1.82, 2.24) is 4.90 Å². The van der Waals surface area contributed by atoms with Crippen molar-refractivity contribution in [2.75, 3.05) is 26.3 Å². The summed E-state index contributed by atoms with van der Waals surface area (Å²) in [7, 11) is 0. The van der Waals surface area contributed by atoms with Crippen LogP contribution in [0.4, 0.5) is 0 Å². The number of morpholine rings is 1. The van der Waals surface area contributed by atoms with Crippen LogP contribution in [0.25, 0.3) is 0 Å². The van der Waals surface area contributed by atoms with Gasteiger partial charge in [0.25, 0.3) is 5.91 Å². The molecule has 2 heterocycles. The Morgan fingerprint density at radius 3 is 2.57 bits per heavy atom. The van der Waals surface area contributed by atoms with Crippen molar-refractivity contribution in [3.63, 3.8) is 0 Å². The van der Waals surface area contributed by atoms with Crippen molar-refractivity contribution in [1.29, 1.82) is 0 Å². The molecule has 2 unspecified atom stereocenters. The lowest BCUT2D eigenvalue weighted by Gasteiger charge is -2.35. The summed E-state index contributed by atoms with van der Waals surface area (Å²) >= 11 is 6.19. The zero-order chi connectivity index (χ0) is 15.0. The Hall–Kier alpha value is -1.46. The summed E-state index contributed by atoms with van der Waals surface area (Å²) in [4.78, 5) is 14.4. The van der Waals surface area contributed by atoms with Crippen molar-refractivity contribution in [2.24, 2.45) is 0 Å². The second-order valence-electron chi connectivity index (χ2n) is 5.45. The summed E-state index contributed by atoms with van der Waals surface area (Å²) in [5.41, 5.74) is 0.519. The molecule has 2 aliphatic rings. The first kappa shape index (κ1) is 14.5. The van der Waals surface area contributed by atoms with Gasteiger partial charge in [-0.05, 0) is 26.0 Å². The molecule has 1 fully saturated rings. The van der Waals surface area contributed by atoms with Gasteiger partial charge in [-0.3, -0.25) is 4.79 Å². The molecule has 3 rings (SSSR count). The van der Waals surface area contributed by atoms with Crippen molar-refractivity contribution in [3.8, 4) is 11.5 Å². The van der Waals surface area contributed by atoms with E-state index in [1.54, 1.807) is 17.0 Å². The van der Waals surface area contributed by atoms with E-state index in [0.717, 1.165) is 0 Å². The van der Waals surface area contributed by atoms with Crippen LogP contribution in [0.2, 0.25) is 5.02 Å². The van der Waals surface area contributed by atoms with Crippen LogP contribution < -0.4 is 9.47 Å². The standard InChI is InChI=1S/C15H18ClNO4/c1-9-7-17(8-10(2)21-9)15(18)11-5-12(16)14-13(6-11)19-3-4-20-14/h5-6,9-10H,3-4,7-8H2,1-2H3. The quantitative estimate of drug-likeness (QED) is 0.799. The fourth-order valence-corrected chi connectivity index (χ4v) is 3.03. The minimum Gasteiger partial charge on any atom is -0.486 e. The van der Waals surface area contributed by atoms with Gasteiger partial charge in [0.2, 0.25) is 0 Å². The third kappa shape index (κ3) is 2.94. The Kier molecular flexibility index (Phi) is 3.95. The Bertz CT molecular complexity index is 553. The largest absolute Gasteiger partial charge is 0.486 e. The van der Waals surface area contributed by atoms with Crippen LogP contribution in [0.5, 0.6) is 11.5 Å². The molecule has 0 aromatic heterocycles. The summed E-state index contributed by atoms with van der Waals surface area (Å²) < 4.78 is 16.6. The second-order valence-corrected chi connectivity index (χ2v) is 5.86. The Balaban J connectivity index is 1.86. The molecule has 1 amide bonds. The molecule has 1 aromatic rings. The summed E-state index contributed by atoms with van der Waals surface area (Å²) in [6.45, 7) is 6.02. The number of amides is 1. The number of ether oxygens (including phenoxy) is 3. The van der Waals surface area contributed by atoms with E-state index in [2.05, 4.69) is 0 Å². The summed E-state index contributed by atoms with van der Waals surface area (Å²) in [6, 6.07) is 3.34. The highest BCUT2D eigenvalue weighted by Crippen LogP contribution is 2.38. The molecule has 0 N–H and O–H groups in total. The van der Waals surface area contributed by atoms with Crippen LogP contribution in [0.3, 0.4) is 0 Å². The molecule has 2 aliphatic heterocycles. The molecule has 0 bridgehead atoms. The summed E-state index contributed by atoms with van der Waals surface area (Å²) in [6.07, 6.45) is 0.0655. The molecule has 6 heteroatoms. The van der Waals surface area contributed by atoms with Crippen molar-refractivity contribution >= 4 is 17.5 Å². The Morgan fingerprint density at radius 1 is 1.19 bits per heavy atom. The van der Waals surface area contributed by atoms with Crippen LogP contribution >= 0.6 is 11.6 Å². The maximum Gasteiger partial charge on any atom is 0.254 e. The molecular formula is C15H18ClNO4. The van der Waals surface area contributed by atoms with E-state index < -0.39 is 0 Å². The zero-order valence-electron chi connectivity index (χ0n) is 12.1. The zero-order valence-corrected chi connectivity index (χ0v) is 12.9. The first-order chi connectivity index (χ1) is 10.0. The van der Waals surface area contributed by atoms with Gasteiger partial charge in [0, 0.05) is 18.7 Å². The molecule has 5 nitrogen and oxygen atoms in total. The van der Waals surface area contributed by atoms with E-state index in [1.807, 2.05) is 13.8 Å². The number of carbonyl (C=O) groups is 1. The third-order valence-electron chi connectivity index (χ3n) is 3.55. The number of hydrogen-bond donors (Lipinski definition) is 0. The van der Waals surface area contributed by atoms with Crippen molar-refractivity contribution in [3.05, 3.63) is 22.7 Å². The number of benzene rings is 1. The van der Waals surface area contributed by atoms with E-state index in [9.17, 15) is 4.79 Å². The minimum absolute atomic E-state index is 0.0328. The SMILES string of the molecule is CC1CN(C(=O)c2cc(Cl)c3c(c2)OCCO3)CC(C)O1. The molecule has 1 aromatic carbocycles. The van der Waals surface area contributed by atoms with Crippen molar-refractivity contribution in [2.45, 2.75) is 26.1 Å². The first-order valence-electron chi connectivity index (χ1n) is 7.08. The molecule has 2 atom stereocenters. The van der Waals surface area contributed by atoms with Crippen LogP contribution in [0.15, 0.2) is 12.1 Å². The molecular weight excluding hydrogens is 294 g/mol. The van der Waals surface area contributed by atoms with Crippen LogP contribution in [-0.2, 0) is 4.74 Å². The number of nitrogens with zero attached hydrogens (tertiary/aromatic N) is 1. The average molecular weight is 312 g/mol. The molecule has 0 aliphatic carbocycles. The lowest BCUT2D eigenvalue weighted by Crippen LogP contribution is -2.48. The fraction of sp³-hybridized carbons (Fsp3) is 0.533. The number of hydrogen-bond acceptors (Lipinski definition) is 4.